The maximum Gasteiger partial charge on any atom is 0.416 e. The standard InChI is InChI=1S/C19H24F3N3O/c1-4-7-15(19(20,21)22)11-17(18(26)24-13(3)5-2)25-16-9-6-8-14(10-16)12-23/h5-11,25H,4,12,23H2,1-3H3,(H,24,26)/b13-5+,15-7-,17-11-. The summed E-state index contributed by atoms with van der Waals surface area (Å²) in [5, 5.41) is 5.32. The molecule has 0 saturated heterocycles. The van der Waals surface area contributed by atoms with Crippen molar-refractivity contribution in [1.82, 2.24) is 5.32 Å². The third kappa shape index (κ3) is 6.76. The number of rotatable bonds is 7. The predicted octanol–water partition coefficient (Wildman–Crippen LogP) is 4.38. The molecule has 1 rings (SSSR count). The molecule has 1 aromatic carbocycles. The molecule has 7 heteroatoms. The minimum Gasteiger partial charge on any atom is -0.351 e. The number of hydrogen-bond acceptors (Lipinski definition) is 3. The van der Waals surface area contributed by atoms with E-state index in [1.54, 1.807) is 51.1 Å². The molecule has 0 saturated carbocycles. The molecule has 0 heterocycles. The Morgan fingerprint density at radius 1 is 1.31 bits per heavy atom. The Kier molecular flexibility index (Phi) is 8.12. The van der Waals surface area contributed by atoms with Crippen LogP contribution < -0.4 is 16.4 Å². The second-order valence-electron chi connectivity index (χ2n) is 5.58. The number of alkyl halides is 3. The van der Waals surface area contributed by atoms with Gasteiger partial charge in [0, 0.05) is 17.9 Å². The van der Waals surface area contributed by atoms with Gasteiger partial charge in [-0.05, 0) is 44.0 Å². The van der Waals surface area contributed by atoms with Crippen LogP contribution in [0.5, 0.6) is 0 Å². The van der Waals surface area contributed by atoms with Crippen molar-refractivity contribution in [3.63, 3.8) is 0 Å². The fourth-order valence-corrected chi connectivity index (χ4v) is 2.04. The molecular weight excluding hydrogens is 343 g/mol. The van der Waals surface area contributed by atoms with Gasteiger partial charge in [-0.1, -0.05) is 31.2 Å². The van der Waals surface area contributed by atoms with Crippen LogP contribution in [0.2, 0.25) is 0 Å². The van der Waals surface area contributed by atoms with E-state index in [0.29, 0.717) is 11.4 Å². The van der Waals surface area contributed by atoms with Crippen LogP contribution in [0, 0.1) is 0 Å². The van der Waals surface area contributed by atoms with E-state index in [1.807, 2.05) is 0 Å². The van der Waals surface area contributed by atoms with Crippen LogP contribution in [0.25, 0.3) is 0 Å². The van der Waals surface area contributed by atoms with Crippen molar-refractivity contribution in [2.24, 2.45) is 5.73 Å². The molecule has 0 bridgehead atoms. The van der Waals surface area contributed by atoms with Gasteiger partial charge >= 0.3 is 6.18 Å². The molecule has 0 aliphatic rings. The zero-order valence-corrected chi connectivity index (χ0v) is 15.1. The number of allylic oxidation sites excluding steroid dienone is 5. The molecule has 142 valence electrons. The lowest BCUT2D eigenvalue weighted by Gasteiger charge is -2.15. The maximum absolute atomic E-state index is 13.2. The van der Waals surface area contributed by atoms with Gasteiger partial charge in [0.05, 0.1) is 5.57 Å². The largest absolute Gasteiger partial charge is 0.416 e. The highest BCUT2D eigenvalue weighted by atomic mass is 19.4. The smallest absolute Gasteiger partial charge is 0.351 e. The Balaban J connectivity index is 3.30. The van der Waals surface area contributed by atoms with Crippen molar-refractivity contribution >= 4 is 11.6 Å². The highest BCUT2D eigenvalue weighted by Crippen LogP contribution is 2.28. The molecule has 0 aliphatic heterocycles. The summed E-state index contributed by atoms with van der Waals surface area (Å²) in [6, 6.07) is 6.83. The average molecular weight is 367 g/mol. The van der Waals surface area contributed by atoms with Crippen molar-refractivity contribution in [1.29, 1.82) is 0 Å². The number of hydrogen-bond donors (Lipinski definition) is 3. The molecule has 0 aliphatic carbocycles. The SMILES string of the molecule is C/C=C(\C)NC(=O)/C(=C/C(=C/CC)C(F)(F)F)Nc1cccc(CN)c1. The summed E-state index contributed by atoms with van der Waals surface area (Å²) in [4.78, 5) is 12.4. The first-order chi connectivity index (χ1) is 12.2. The number of nitrogens with one attached hydrogen (secondary N) is 2. The Bertz CT molecular complexity index is 719. The van der Waals surface area contributed by atoms with E-state index in [9.17, 15) is 18.0 Å². The minimum absolute atomic E-state index is 0.191. The third-order valence-electron chi connectivity index (χ3n) is 3.48. The van der Waals surface area contributed by atoms with Crippen molar-refractivity contribution in [3.8, 4) is 0 Å². The van der Waals surface area contributed by atoms with Crippen molar-refractivity contribution in [2.45, 2.75) is 39.9 Å². The molecule has 0 radical (unpaired) electrons. The highest BCUT2D eigenvalue weighted by Gasteiger charge is 2.32. The van der Waals surface area contributed by atoms with Crippen LogP contribution in [0.3, 0.4) is 0 Å². The normalized spacial score (nSPS) is 13.6. The number of halogens is 3. The fraction of sp³-hybridized carbons (Fsp3) is 0.316. The van der Waals surface area contributed by atoms with Crippen LogP contribution in [0.4, 0.5) is 18.9 Å². The highest BCUT2D eigenvalue weighted by molar-refractivity contribution is 5.97. The predicted molar refractivity (Wildman–Crippen MR) is 98.0 cm³/mol. The summed E-state index contributed by atoms with van der Waals surface area (Å²) in [5.41, 5.74) is 6.29. The van der Waals surface area contributed by atoms with Crippen LogP contribution in [0.1, 0.15) is 32.8 Å². The van der Waals surface area contributed by atoms with E-state index in [0.717, 1.165) is 17.7 Å². The van der Waals surface area contributed by atoms with Gasteiger partial charge in [-0.3, -0.25) is 4.79 Å². The van der Waals surface area contributed by atoms with E-state index in [1.165, 1.54) is 0 Å². The van der Waals surface area contributed by atoms with E-state index in [-0.39, 0.29) is 18.7 Å². The van der Waals surface area contributed by atoms with E-state index >= 15 is 0 Å². The third-order valence-corrected chi connectivity index (χ3v) is 3.48. The van der Waals surface area contributed by atoms with Gasteiger partial charge in [0.15, 0.2) is 0 Å². The first-order valence-electron chi connectivity index (χ1n) is 8.20. The monoisotopic (exact) mass is 367 g/mol. The molecule has 1 amide bonds. The number of carbonyl (C=O) groups is 1. The fourth-order valence-electron chi connectivity index (χ4n) is 2.04. The van der Waals surface area contributed by atoms with Crippen LogP contribution in [-0.2, 0) is 11.3 Å². The van der Waals surface area contributed by atoms with Crippen molar-refractivity contribution < 1.29 is 18.0 Å². The van der Waals surface area contributed by atoms with Crippen LogP contribution in [0.15, 0.2) is 59.5 Å². The Morgan fingerprint density at radius 2 is 2.00 bits per heavy atom. The Hall–Kier alpha value is -2.54. The Morgan fingerprint density at radius 3 is 2.54 bits per heavy atom. The second-order valence-corrected chi connectivity index (χ2v) is 5.58. The molecular formula is C19H24F3N3O. The van der Waals surface area contributed by atoms with Gasteiger partial charge in [-0.15, -0.1) is 0 Å². The van der Waals surface area contributed by atoms with Crippen LogP contribution in [-0.4, -0.2) is 12.1 Å². The van der Waals surface area contributed by atoms with E-state index in [4.69, 9.17) is 5.73 Å². The summed E-state index contributed by atoms with van der Waals surface area (Å²) in [6.07, 6.45) is -0.865. The second kappa shape index (κ2) is 9.82. The summed E-state index contributed by atoms with van der Waals surface area (Å²) >= 11 is 0. The number of benzene rings is 1. The molecule has 26 heavy (non-hydrogen) atoms. The lowest BCUT2D eigenvalue weighted by Crippen LogP contribution is -2.27. The lowest BCUT2D eigenvalue weighted by molar-refractivity contribution is -0.116. The first-order valence-corrected chi connectivity index (χ1v) is 8.20. The van der Waals surface area contributed by atoms with Crippen molar-refractivity contribution in [3.05, 3.63) is 65.0 Å². The Labute approximate surface area is 151 Å². The molecule has 0 atom stereocenters. The van der Waals surface area contributed by atoms with Gasteiger partial charge in [0.2, 0.25) is 0 Å². The zero-order valence-electron chi connectivity index (χ0n) is 15.1. The maximum atomic E-state index is 13.2. The molecule has 4 nitrogen and oxygen atoms in total. The lowest BCUT2D eigenvalue weighted by atomic mass is 10.1. The van der Waals surface area contributed by atoms with Gasteiger partial charge in [-0.25, -0.2) is 0 Å². The average Bonchev–Trinajstić information content (AvgIpc) is 2.59. The summed E-state index contributed by atoms with van der Waals surface area (Å²) in [7, 11) is 0. The summed E-state index contributed by atoms with van der Waals surface area (Å²) in [5.74, 6) is -0.662. The molecule has 0 spiro atoms. The number of amides is 1. The summed E-state index contributed by atoms with van der Waals surface area (Å²) in [6.45, 7) is 5.25. The molecule has 1 aromatic rings. The topological polar surface area (TPSA) is 67.2 Å². The zero-order chi connectivity index (χ0) is 19.7. The van der Waals surface area contributed by atoms with Gasteiger partial charge in [-0.2, -0.15) is 13.2 Å². The quantitative estimate of drug-likeness (QED) is 0.495. The van der Waals surface area contributed by atoms with Gasteiger partial charge in [0.25, 0.3) is 5.91 Å². The van der Waals surface area contributed by atoms with E-state index in [2.05, 4.69) is 10.6 Å². The molecule has 0 aromatic heterocycles. The number of nitrogens with two attached hydrogens (primary N) is 1. The molecule has 0 unspecified atom stereocenters. The van der Waals surface area contributed by atoms with Crippen molar-refractivity contribution in [2.75, 3.05) is 5.32 Å². The number of carbonyl (C=O) groups excluding carboxylic acids is 1. The molecule has 0 fully saturated rings. The van der Waals surface area contributed by atoms with Gasteiger partial charge in [0.1, 0.15) is 5.70 Å². The summed E-state index contributed by atoms with van der Waals surface area (Å²) < 4.78 is 39.7. The van der Waals surface area contributed by atoms with Crippen LogP contribution >= 0.6 is 0 Å². The first kappa shape index (κ1) is 21.5. The minimum atomic E-state index is -4.56. The van der Waals surface area contributed by atoms with E-state index < -0.39 is 17.7 Å². The molecule has 4 N–H and O–H groups in total. The number of anilines is 1. The van der Waals surface area contributed by atoms with Gasteiger partial charge < -0.3 is 16.4 Å².